The standard InChI is InChI=1S/C13H20.C8H10/c1-9(2)12-6-11(5)7-13(8-12)10(3)4;1-7-5-3-4-6-8(7)2/h6-10H,1-5H3;3-6H,1-2H3. The Morgan fingerprint density at radius 1 is 0.619 bits per heavy atom. The van der Waals surface area contributed by atoms with Gasteiger partial charge >= 0.3 is 0 Å². The van der Waals surface area contributed by atoms with Crippen LogP contribution in [0, 0.1) is 20.8 Å². The number of rotatable bonds is 2. The summed E-state index contributed by atoms with van der Waals surface area (Å²) in [6, 6.07) is 15.3. The fourth-order valence-corrected chi connectivity index (χ4v) is 2.17. The van der Waals surface area contributed by atoms with Gasteiger partial charge in [0.1, 0.15) is 0 Å². The summed E-state index contributed by atoms with van der Waals surface area (Å²) < 4.78 is 0. The Morgan fingerprint density at radius 2 is 1.00 bits per heavy atom. The highest BCUT2D eigenvalue weighted by Gasteiger charge is 2.04. The van der Waals surface area contributed by atoms with E-state index in [1.54, 1.807) is 0 Å². The molecule has 0 radical (unpaired) electrons. The van der Waals surface area contributed by atoms with E-state index in [1.165, 1.54) is 27.8 Å². The molecule has 0 amide bonds. The maximum atomic E-state index is 2.34. The van der Waals surface area contributed by atoms with Gasteiger partial charge in [-0.25, -0.2) is 0 Å². The molecule has 0 heterocycles. The monoisotopic (exact) mass is 282 g/mol. The summed E-state index contributed by atoms with van der Waals surface area (Å²) in [6.07, 6.45) is 0. The molecule has 0 N–H and O–H groups in total. The van der Waals surface area contributed by atoms with E-state index in [1.807, 2.05) is 0 Å². The fourth-order valence-electron chi connectivity index (χ4n) is 2.17. The molecule has 114 valence electrons. The summed E-state index contributed by atoms with van der Waals surface area (Å²) in [6.45, 7) is 15.4. The average molecular weight is 282 g/mol. The minimum atomic E-state index is 0.636. The first-order chi connectivity index (χ1) is 9.81. The lowest BCUT2D eigenvalue weighted by Crippen LogP contribution is -1.94. The van der Waals surface area contributed by atoms with Crippen LogP contribution in [0.15, 0.2) is 42.5 Å². The van der Waals surface area contributed by atoms with Gasteiger partial charge in [-0.3, -0.25) is 0 Å². The van der Waals surface area contributed by atoms with Crippen LogP contribution in [0.3, 0.4) is 0 Å². The molecule has 0 aliphatic heterocycles. The SMILES string of the molecule is Cc1cc(C(C)C)cc(C(C)C)c1.Cc1ccccc1C. The lowest BCUT2D eigenvalue weighted by molar-refractivity contribution is 0.831. The molecule has 0 fully saturated rings. The molecule has 0 unspecified atom stereocenters. The zero-order valence-electron chi connectivity index (χ0n) is 14.7. The van der Waals surface area contributed by atoms with Crippen LogP contribution in [0.4, 0.5) is 0 Å². The van der Waals surface area contributed by atoms with E-state index in [9.17, 15) is 0 Å². The quantitative estimate of drug-likeness (QED) is 0.586. The molecule has 0 spiro atoms. The van der Waals surface area contributed by atoms with Gasteiger partial charge in [0.2, 0.25) is 0 Å². The summed E-state index contributed by atoms with van der Waals surface area (Å²) >= 11 is 0. The zero-order chi connectivity index (χ0) is 16.0. The van der Waals surface area contributed by atoms with Crippen molar-refractivity contribution in [3.8, 4) is 0 Å². The zero-order valence-corrected chi connectivity index (χ0v) is 14.7. The van der Waals surface area contributed by atoms with Crippen molar-refractivity contribution in [2.45, 2.75) is 60.3 Å². The van der Waals surface area contributed by atoms with E-state index >= 15 is 0 Å². The van der Waals surface area contributed by atoms with Gasteiger partial charge in [-0.15, -0.1) is 0 Å². The minimum absolute atomic E-state index is 0.636. The number of hydrogen-bond acceptors (Lipinski definition) is 0. The van der Waals surface area contributed by atoms with Gasteiger partial charge < -0.3 is 0 Å². The molecule has 0 aliphatic carbocycles. The lowest BCUT2D eigenvalue weighted by atomic mass is 9.94. The Bertz CT molecular complexity index is 515. The third kappa shape index (κ3) is 5.75. The van der Waals surface area contributed by atoms with Gasteiger partial charge in [0.25, 0.3) is 0 Å². The summed E-state index contributed by atoms with van der Waals surface area (Å²) in [5.41, 5.74) is 7.04. The van der Waals surface area contributed by atoms with E-state index in [2.05, 4.69) is 90.9 Å². The van der Waals surface area contributed by atoms with Crippen molar-refractivity contribution in [1.29, 1.82) is 0 Å². The van der Waals surface area contributed by atoms with Crippen LogP contribution in [0.1, 0.15) is 67.3 Å². The van der Waals surface area contributed by atoms with E-state index in [4.69, 9.17) is 0 Å². The molecule has 0 heteroatoms. The highest BCUT2D eigenvalue weighted by atomic mass is 14.1. The van der Waals surface area contributed by atoms with E-state index < -0.39 is 0 Å². The van der Waals surface area contributed by atoms with Crippen molar-refractivity contribution < 1.29 is 0 Å². The van der Waals surface area contributed by atoms with E-state index in [0.29, 0.717) is 11.8 Å². The van der Waals surface area contributed by atoms with Crippen LogP contribution < -0.4 is 0 Å². The average Bonchev–Trinajstić information content (AvgIpc) is 2.42. The summed E-state index contributed by atoms with van der Waals surface area (Å²) in [7, 11) is 0. The number of hydrogen-bond donors (Lipinski definition) is 0. The van der Waals surface area contributed by atoms with Crippen LogP contribution in [0.25, 0.3) is 0 Å². The molecule has 2 rings (SSSR count). The minimum Gasteiger partial charge on any atom is -0.0620 e. The first kappa shape index (κ1) is 17.5. The number of benzene rings is 2. The molecule has 0 nitrogen and oxygen atoms in total. The molecule has 0 aliphatic rings. The van der Waals surface area contributed by atoms with Crippen molar-refractivity contribution in [1.82, 2.24) is 0 Å². The highest BCUT2D eigenvalue weighted by molar-refractivity contribution is 5.32. The van der Waals surface area contributed by atoms with Crippen LogP contribution in [-0.2, 0) is 0 Å². The van der Waals surface area contributed by atoms with Crippen molar-refractivity contribution >= 4 is 0 Å². The summed E-state index contributed by atoms with van der Waals surface area (Å²) in [5, 5.41) is 0. The van der Waals surface area contributed by atoms with Crippen LogP contribution in [0.5, 0.6) is 0 Å². The highest BCUT2D eigenvalue weighted by Crippen LogP contribution is 2.22. The van der Waals surface area contributed by atoms with Crippen molar-refractivity contribution in [3.63, 3.8) is 0 Å². The molecule has 0 aromatic heterocycles. The van der Waals surface area contributed by atoms with Crippen molar-refractivity contribution in [2.75, 3.05) is 0 Å². The Labute approximate surface area is 131 Å². The van der Waals surface area contributed by atoms with Crippen molar-refractivity contribution in [3.05, 3.63) is 70.3 Å². The van der Waals surface area contributed by atoms with E-state index in [0.717, 1.165) is 0 Å². The second kappa shape index (κ2) is 8.02. The normalized spacial score (nSPS) is 10.5. The molecule has 21 heavy (non-hydrogen) atoms. The fraction of sp³-hybridized carbons (Fsp3) is 0.429. The van der Waals surface area contributed by atoms with Gasteiger partial charge in [0.05, 0.1) is 0 Å². The first-order valence-corrected chi connectivity index (χ1v) is 7.95. The topological polar surface area (TPSA) is 0 Å². The Morgan fingerprint density at radius 3 is 1.29 bits per heavy atom. The third-order valence-electron chi connectivity index (χ3n) is 3.88. The van der Waals surface area contributed by atoms with Crippen LogP contribution >= 0.6 is 0 Å². The van der Waals surface area contributed by atoms with Crippen LogP contribution in [-0.4, -0.2) is 0 Å². The van der Waals surface area contributed by atoms with Gasteiger partial charge in [-0.05, 0) is 54.9 Å². The molecule has 0 saturated carbocycles. The molecular weight excluding hydrogens is 252 g/mol. The molecular formula is C21H30. The van der Waals surface area contributed by atoms with Gasteiger partial charge in [0.15, 0.2) is 0 Å². The predicted molar refractivity (Wildman–Crippen MR) is 95.3 cm³/mol. The molecule has 0 bridgehead atoms. The second-order valence-electron chi connectivity index (χ2n) is 6.57. The predicted octanol–water partition coefficient (Wildman–Crippen LogP) is 6.55. The Hall–Kier alpha value is -1.56. The molecule has 2 aromatic rings. The molecule has 0 atom stereocenters. The third-order valence-corrected chi connectivity index (χ3v) is 3.88. The maximum Gasteiger partial charge on any atom is -0.0219 e. The van der Waals surface area contributed by atoms with Gasteiger partial charge in [-0.2, -0.15) is 0 Å². The smallest absolute Gasteiger partial charge is 0.0219 e. The van der Waals surface area contributed by atoms with Gasteiger partial charge in [-0.1, -0.05) is 75.7 Å². The Kier molecular flexibility index (Phi) is 6.68. The summed E-state index contributed by atoms with van der Waals surface area (Å²) in [4.78, 5) is 0. The second-order valence-corrected chi connectivity index (χ2v) is 6.57. The number of aryl methyl sites for hydroxylation is 3. The van der Waals surface area contributed by atoms with Gasteiger partial charge in [0, 0.05) is 0 Å². The van der Waals surface area contributed by atoms with Crippen molar-refractivity contribution in [2.24, 2.45) is 0 Å². The molecule has 0 saturated heterocycles. The van der Waals surface area contributed by atoms with E-state index in [-0.39, 0.29) is 0 Å². The molecule has 2 aromatic carbocycles. The lowest BCUT2D eigenvalue weighted by Gasteiger charge is -2.12. The van der Waals surface area contributed by atoms with Crippen LogP contribution in [0.2, 0.25) is 0 Å². The largest absolute Gasteiger partial charge is 0.0620 e. The first-order valence-electron chi connectivity index (χ1n) is 7.95. The maximum absolute atomic E-state index is 2.34. The summed E-state index contributed by atoms with van der Waals surface area (Å²) in [5.74, 6) is 1.27. The Balaban J connectivity index is 0.000000235.